The predicted octanol–water partition coefficient (Wildman–Crippen LogP) is 6.20. The van der Waals surface area contributed by atoms with Gasteiger partial charge in [-0.3, -0.25) is 9.69 Å². The Morgan fingerprint density at radius 2 is 1.81 bits per heavy atom. The average molecular weight is 520 g/mol. The van der Waals surface area contributed by atoms with Gasteiger partial charge in [0.15, 0.2) is 6.10 Å². The first-order valence-corrected chi connectivity index (χ1v) is 12.7. The number of thiophene rings is 1. The molecule has 192 valence electrons. The lowest BCUT2D eigenvalue weighted by atomic mass is 10.1. The molecule has 0 fully saturated rings. The van der Waals surface area contributed by atoms with E-state index in [0.29, 0.717) is 36.8 Å². The van der Waals surface area contributed by atoms with Crippen LogP contribution in [0.1, 0.15) is 33.3 Å². The zero-order chi connectivity index (χ0) is 26.4. The van der Waals surface area contributed by atoms with Crippen molar-refractivity contribution in [2.45, 2.75) is 33.0 Å². The number of furan rings is 1. The zero-order valence-electron chi connectivity index (χ0n) is 21.0. The van der Waals surface area contributed by atoms with Gasteiger partial charge in [0, 0.05) is 41.5 Å². The van der Waals surface area contributed by atoms with E-state index in [1.165, 1.54) is 11.2 Å². The molecule has 0 saturated carbocycles. The first-order chi connectivity index (χ1) is 17.9. The third kappa shape index (κ3) is 6.47. The summed E-state index contributed by atoms with van der Waals surface area (Å²) in [4.78, 5) is 27.7. The lowest BCUT2D eigenvalue weighted by Crippen LogP contribution is -2.26. The van der Waals surface area contributed by atoms with Crippen molar-refractivity contribution < 1.29 is 28.6 Å². The van der Waals surface area contributed by atoms with Gasteiger partial charge in [0.25, 0.3) is 5.91 Å². The molecule has 2 aromatic carbocycles. The fourth-order valence-electron chi connectivity index (χ4n) is 3.84. The minimum Gasteiger partial charge on any atom is -0.488 e. The number of carbonyl (C=O) groups excluding carboxylic acids is 1. The number of aryl methyl sites for hydroxylation is 1. The van der Waals surface area contributed by atoms with E-state index < -0.39 is 12.1 Å². The highest BCUT2D eigenvalue weighted by Gasteiger charge is 2.18. The number of benzene rings is 2. The minimum atomic E-state index is -0.964. The monoisotopic (exact) mass is 519 g/mol. The van der Waals surface area contributed by atoms with Crippen LogP contribution in [0.5, 0.6) is 5.75 Å². The van der Waals surface area contributed by atoms with Crippen LogP contribution in [0.25, 0.3) is 10.4 Å². The number of ether oxygens (including phenoxy) is 2. The first kappa shape index (κ1) is 26.2. The van der Waals surface area contributed by atoms with Crippen molar-refractivity contribution in [2.75, 3.05) is 18.6 Å². The first-order valence-electron chi connectivity index (χ1n) is 11.9. The molecule has 1 amide bonds. The fraction of sp³-hybridized carbons (Fsp3) is 0.241. The normalized spacial score (nSPS) is 11.8. The average Bonchev–Trinajstić information content (AvgIpc) is 3.57. The molecular weight excluding hydrogens is 490 g/mol. The Kier molecular flexibility index (Phi) is 8.43. The molecule has 37 heavy (non-hydrogen) atoms. The molecule has 0 unspecified atom stereocenters. The van der Waals surface area contributed by atoms with E-state index >= 15 is 0 Å². The van der Waals surface area contributed by atoms with Crippen LogP contribution in [0, 0.1) is 6.92 Å². The number of hydrogen-bond donors (Lipinski definition) is 1. The van der Waals surface area contributed by atoms with Crippen molar-refractivity contribution in [2.24, 2.45) is 0 Å². The second-order valence-corrected chi connectivity index (χ2v) is 9.67. The standard InChI is InChI=1S/C29H29NO6S/c1-4-34-24(29(32)33)17-20-7-13-23(14-8-20)36-18-26-19(2)16-25(37-26)21-9-11-22(12-10-21)28(31)30(3)27-6-5-15-35-27/h5-16,24H,4,17-18H2,1-3H3,(H,32,33)/t24-/m0/s1. The number of aliphatic carboxylic acids is 1. The van der Waals surface area contributed by atoms with Crippen LogP contribution in [-0.2, 0) is 22.6 Å². The van der Waals surface area contributed by atoms with Gasteiger partial charge in [-0.1, -0.05) is 24.3 Å². The summed E-state index contributed by atoms with van der Waals surface area (Å²) in [5.74, 6) is 0.107. The van der Waals surface area contributed by atoms with E-state index in [2.05, 4.69) is 13.0 Å². The molecule has 0 bridgehead atoms. The second-order valence-electron chi connectivity index (χ2n) is 8.53. The molecule has 0 aliphatic rings. The molecule has 4 aromatic rings. The van der Waals surface area contributed by atoms with Gasteiger partial charge in [0.2, 0.25) is 5.88 Å². The molecule has 0 aliphatic heterocycles. The van der Waals surface area contributed by atoms with Crippen molar-refractivity contribution in [3.63, 3.8) is 0 Å². The van der Waals surface area contributed by atoms with Crippen molar-refractivity contribution in [1.29, 1.82) is 0 Å². The third-order valence-electron chi connectivity index (χ3n) is 5.94. The molecule has 0 spiro atoms. The Morgan fingerprint density at radius 1 is 1.08 bits per heavy atom. The number of carbonyl (C=O) groups is 2. The molecule has 1 atom stereocenters. The van der Waals surface area contributed by atoms with Gasteiger partial charge >= 0.3 is 5.97 Å². The molecule has 8 heteroatoms. The van der Waals surface area contributed by atoms with Crippen molar-refractivity contribution in [1.82, 2.24) is 0 Å². The summed E-state index contributed by atoms with van der Waals surface area (Å²) in [7, 11) is 1.69. The SMILES string of the molecule is CCO[C@@H](Cc1ccc(OCc2sc(-c3ccc(C(=O)N(C)c4ccco4)cc3)cc2C)cc1)C(=O)O. The number of amides is 1. The van der Waals surface area contributed by atoms with E-state index in [-0.39, 0.29) is 5.91 Å². The Morgan fingerprint density at radius 3 is 2.43 bits per heavy atom. The molecule has 0 aliphatic carbocycles. The fourth-order valence-corrected chi connectivity index (χ4v) is 4.93. The van der Waals surface area contributed by atoms with E-state index in [1.54, 1.807) is 37.4 Å². The van der Waals surface area contributed by atoms with Gasteiger partial charge in [-0.2, -0.15) is 0 Å². The lowest BCUT2D eigenvalue weighted by Gasteiger charge is -2.14. The van der Waals surface area contributed by atoms with E-state index in [4.69, 9.17) is 13.9 Å². The number of carboxylic acids is 1. The van der Waals surface area contributed by atoms with Crippen LogP contribution < -0.4 is 9.64 Å². The largest absolute Gasteiger partial charge is 0.488 e. The van der Waals surface area contributed by atoms with Crippen LogP contribution in [0.15, 0.2) is 77.4 Å². The van der Waals surface area contributed by atoms with E-state index in [0.717, 1.165) is 26.4 Å². The highest BCUT2D eigenvalue weighted by Crippen LogP contribution is 2.32. The van der Waals surface area contributed by atoms with Gasteiger partial charge in [-0.15, -0.1) is 11.3 Å². The lowest BCUT2D eigenvalue weighted by molar-refractivity contribution is -0.149. The van der Waals surface area contributed by atoms with Gasteiger partial charge in [0.05, 0.1) is 6.26 Å². The van der Waals surface area contributed by atoms with Crippen LogP contribution in [0.3, 0.4) is 0 Å². The predicted molar refractivity (Wildman–Crippen MR) is 143 cm³/mol. The number of anilines is 1. The zero-order valence-corrected chi connectivity index (χ0v) is 21.8. The van der Waals surface area contributed by atoms with E-state index in [1.807, 2.05) is 48.5 Å². The van der Waals surface area contributed by atoms with Gasteiger partial charge in [-0.05, 0) is 66.9 Å². The van der Waals surface area contributed by atoms with Gasteiger partial charge in [-0.25, -0.2) is 4.79 Å². The van der Waals surface area contributed by atoms with Crippen LogP contribution in [-0.4, -0.2) is 36.7 Å². The summed E-state index contributed by atoms with van der Waals surface area (Å²) in [6, 6.07) is 20.6. The number of carboxylic acid groups (broad SMARTS) is 1. The highest BCUT2D eigenvalue weighted by molar-refractivity contribution is 7.15. The summed E-state index contributed by atoms with van der Waals surface area (Å²) >= 11 is 1.65. The molecular formula is C29H29NO6S. The van der Waals surface area contributed by atoms with Crippen molar-refractivity contribution in [3.8, 4) is 16.2 Å². The molecule has 2 aromatic heterocycles. The Bertz CT molecular complexity index is 1330. The van der Waals surface area contributed by atoms with Gasteiger partial charge in [0.1, 0.15) is 12.4 Å². The summed E-state index contributed by atoms with van der Waals surface area (Å²) in [5.41, 5.74) is 3.62. The molecule has 1 N–H and O–H groups in total. The second kappa shape index (κ2) is 11.9. The summed E-state index contributed by atoms with van der Waals surface area (Å²) in [6.45, 7) is 4.62. The summed E-state index contributed by atoms with van der Waals surface area (Å²) < 4.78 is 16.6. The molecule has 0 saturated heterocycles. The number of nitrogens with zero attached hydrogens (tertiary/aromatic N) is 1. The Labute approximate surface area is 219 Å². The molecule has 0 radical (unpaired) electrons. The topological polar surface area (TPSA) is 89.2 Å². The molecule has 7 nitrogen and oxygen atoms in total. The maximum absolute atomic E-state index is 12.7. The van der Waals surface area contributed by atoms with Gasteiger partial charge < -0.3 is 19.0 Å². The smallest absolute Gasteiger partial charge is 0.333 e. The highest BCUT2D eigenvalue weighted by atomic mass is 32.1. The van der Waals surface area contributed by atoms with Crippen LogP contribution in [0.2, 0.25) is 0 Å². The Balaban J connectivity index is 1.37. The summed E-state index contributed by atoms with van der Waals surface area (Å²) in [5, 5.41) is 9.27. The molecule has 2 heterocycles. The number of hydrogen-bond acceptors (Lipinski definition) is 6. The van der Waals surface area contributed by atoms with Crippen LogP contribution in [0.4, 0.5) is 5.88 Å². The Hall–Kier alpha value is -3.88. The molecule has 4 rings (SSSR count). The van der Waals surface area contributed by atoms with Crippen molar-refractivity contribution >= 4 is 29.1 Å². The van der Waals surface area contributed by atoms with Crippen molar-refractivity contribution in [3.05, 3.63) is 94.6 Å². The minimum absolute atomic E-state index is 0.139. The van der Waals surface area contributed by atoms with Crippen LogP contribution >= 0.6 is 11.3 Å². The van der Waals surface area contributed by atoms with E-state index in [9.17, 15) is 14.7 Å². The number of rotatable bonds is 11. The quantitative estimate of drug-likeness (QED) is 0.254. The summed E-state index contributed by atoms with van der Waals surface area (Å²) in [6.07, 6.45) is 0.992. The third-order valence-corrected chi connectivity index (χ3v) is 7.20. The maximum Gasteiger partial charge on any atom is 0.333 e. The maximum atomic E-state index is 12.7.